The van der Waals surface area contributed by atoms with Crippen LogP contribution in [0, 0.1) is 5.82 Å². The van der Waals surface area contributed by atoms with Gasteiger partial charge in [0.15, 0.2) is 0 Å². The van der Waals surface area contributed by atoms with Crippen molar-refractivity contribution in [2.45, 2.75) is 38.6 Å². The standard InChI is InChI=1S/C24H30FN3O2/c1-2-15-27(18-14-23(29)26-21-10-8-20(25)9-11-21)22-12-16-28(17-13-22)24(30)19-6-4-3-5-7-19/h3-11,22H,2,12-18H2,1H3,(H,26,29). The van der Waals surface area contributed by atoms with Crippen LogP contribution in [0.1, 0.15) is 43.0 Å². The number of carbonyl (C=O) groups excluding carboxylic acids is 2. The highest BCUT2D eigenvalue weighted by molar-refractivity contribution is 5.94. The Hall–Kier alpha value is -2.73. The molecule has 0 aromatic heterocycles. The molecule has 0 bridgehead atoms. The Morgan fingerprint density at radius 3 is 2.33 bits per heavy atom. The van der Waals surface area contributed by atoms with E-state index in [1.54, 1.807) is 12.1 Å². The molecule has 160 valence electrons. The van der Waals surface area contributed by atoms with E-state index in [1.165, 1.54) is 12.1 Å². The smallest absolute Gasteiger partial charge is 0.253 e. The first kappa shape index (κ1) is 22.0. The molecule has 2 aromatic rings. The summed E-state index contributed by atoms with van der Waals surface area (Å²) >= 11 is 0. The van der Waals surface area contributed by atoms with Gasteiger partial charge in [-0.05, 0) is 62.2 Å². The largest absolute Gasteiger partial charge is 0.339 e. The van der Waals surface area contributed by atoms with Crippen molar-refractivity contribution < 1.29 is 14.0 Å². The van der Waals surface area contributed by atoms with Crippen LogP contribution in [0.5, 0.6) is 0 Å². The third kappa shape index (κ3) is 6.13. The molecule has 1 aliphatic rings. The lowest BCUT2D eigenvalue weighted by atomic mass is 10.0. The van der Waals surface area contributed by atoms with Crippen LogP contribution in [-0.4, -0.2) is 53.8 Å². The highest BCUT2D eigenvalue weighted by Crippen LogP contribution is 2.19. The van der Waals surface area contributed by atoms with E-state index in [9.17, 15) is 14.0 Å². The summed E-state index contributed by atoms with van der Waals surface area (Å²) in [4.78, 5) is 29.2. The van der Waals surface area contributed by atoms with Gasteiger partial charge in [-0.3, -0.25) is 14.5 Å². The van der Waals surface area contributed by atoms with E-state index in [0.717, 1.165) is 44.5 Å². The van der Waals surface area contributed by atoms with Crippen molar-refractivity contribution in [2.24, 2.45) is 0 Å². The molecule has 0 aliphatic carbocycles. The number of nitrogens with one attached hydrogen (secondary N) is 1. The van der Waals surface area contributed by atoms with E-state index in [4.69, 9.17) is 0 Å². The van der Waals surface area contributed by atoms with E-state index >= 15 is 0 Å². The van der Waals surface area contributed by atoms with Crippen molar-refractivity contribution in [1.82, 2.24) is 9.80 Å². The van der Waals surface area contributed by atoms with Crippen molar-refractivity contribution in [3.05, 3.63) is 66.0 Å². The first-order chi connectivity index (χ1) is 14.6. The third-order valence-electron chi connectivity index (χ3n) is 5.55. The molecular formula is C24H30FN3O2. The lowest BCUT2D eigenvalue weighted by molar-refractivity contribution is -0.116. The summed E-state index contributed by atoms with van der Waals surface area (Å²) in [7, 11) is 0. The summed E-state index contributed by atoms with van der Waals surface area (Å²) in [6.07, 6.45) is 3.24. The molecule has 0 radical (unpaired) electrons. The minimum atomic E-state index is -0.320. The van der Waals surface area contributed by atoms with Gasteiger partial charge in [0.05, 0.1) is 0 Å². The van der Waals surface area contributed by atoms with Gasteiger partial charge in [0.1, 0.15) is 5.82 Å². The number of amides is 2. The van der Waals surface area contributed by atoms with Crippen LogP contribution in [-0.2, 0) is 4.79 Å². The Bertz CT molecular complexity index is 818. The SMILES string of the molecule is CCCN(CCC(=O)Nc1ccc(F)cc1)C1CCN(C(=O)c2ccccc2)CC1. The number of likely N-dealkylation sites (tertiary alicyclic amines) is 1. The minimum absolute atomic E-state index is 0.0700. The second kappa shape index (κ2) is 10.9. The molecule has 1 heterocycles. The maximum absolute atomic E-state index is 13.0. The summed E-state index contributed by atoms with van der Waals surface area (Å²) in [5, 5.41) is 2.82. The highest BCUT2D eigenvalue weighted by atomic mass is 19.1. The maximum atomic E-state index is 13.0. The van der Waals surface area contributed by atoms with Gasteiger partial charge in [0.2, 0.25) is 5.91 Å². The monoisotopic (exact) mass is 411 g/mol. The van der Waals surface area contributed by atoms with Crippen LogP contribution in [0.2, 0.25) is 0 Å². The van der Waals surface area contributed by atoms with Crippen LogP contribution in [0.4, 0.5) is 10.1 Å². The van der Waals surface area contributed by atoms with Gasteiger partial charge in [0, 0.05) is 43.3 Å². The zero-order valence-corrected chi connectivity index (χ0v) is 17.5. The number of nitrogens with zero attached hydrogens (tertiary/aromatic N) is 2. The van der Waals surface area contributed by atoms with Crippen molar-refractivity contribution in [2.75, 3.05) is 31.5 Å². The van der Waals surface area contributed by atoms with Crippen LogP contribution >= 0.6 is 0 Å². The molecule has 5 nitrogen and oxygen atoms in total. The minimum Gasteiger partial charge on any atom is -0.339 e. The fourth-order valence-electron chi connectivity index (χ4n) is 3.96. The predicted octanol–water partition coefficient (Wildman–Crippen LogP) is 4.17. The van der Waals surface area contributed by atoms with E-state index in [-0.39, 0.29) is 17.6 Å². The van der Waals surface area contributed by atoms with E-state index in [2.05, 4.69) is 17.1 Å². The Labute approximate surface area is 177 Å². The molecule has 1 aliphatic heterocycles. The molecule has 2 amide bonds. The second-order valence-electron chi connectivity index (χ2n) is 7.73. The first-order valence-electron chi connectivity index (χ1n) is 10.7. The van der Waals surface area contributed by atoms with E-state index in [0.29, 0.717) is 24.7 Å². The summed E-state index contributed by atoms with van der Waals surface area (Å²) in [6.45, 7) is 5.22. The number of hydrogen-bond donors (Lipinski definition) is 1. The number of carbonyl (C=O) groups is 2. The number of piperidine rings is 1. The normalized spacial score (nSPS) is 14.7. The summed E-state index contributed by atoms with van der Waals surface area (Å²) in [5.74, 6) is -0.298. The van der Waals surface area contributed by atoms with Gasteiger partial charge < -0.3 is 10.2 Å². The molecular weight excluding hydrogens is 381 g/mol. The topological polar surface area (TPSA) is 52.7 Å². The summed E-state index contributed by atoms with van der Waals surface area (Å²) in [6, 6.07) is 15.6. The van der Waals surface area contributed by atoms with Crippen LogP contribution in [0.3, 0.4) is 0 Å². The molecule has 0 atom stereocenters. The number of anilines is 1. The van der Waals surface area contributed by atoms with Gasteiger partial charge in [-0.2, -0.15) is 0 Å². The van der Waals surface area contributed by atoms with Gasteiger partial charge in [-0.15, -0.1) is 0 Å². The predicted molar refractivity (Wildman–Crippen MR) is 117 cm³/mol. The zero-order valence-electron chi connectivity index (χ0n) is 17.5. The van der Waals surface area contributed by atoms with Crippen LogP contribution < -0.4 is 5.32 Å². The molecule has 30 heavy (non-hydrogen) atoms. The first-order valence-corrected chi connectivity index (χ1v) is 10.7. The second-order valence-corrected chi connectivity index (χ2v) is 7.73. The lowest BCUT2D eigenvalue weighted by Crippen LogP contribution is -2.47. The zero-order chi connectivity index (χ0) is 21.3. The van der Waals surface area contributed by atoms with Crippen LogP contribution in [0.15, 0.2) is 54.6 Å². The quantitative estimate of drug-likeness (QED) is 0.709. The molecule has 0 saturated carbocycles. The van der Waals surface area contributed by atoms with E-state index < -0.39 is 0 Å². The number of halogens is 1. The Balaban J connectivity index is 1.48. The third-order valence-corrected chi connectivity index (χ3v) is 5.55. The van der Waals surface area contributed by atoms with Crippen molar-refractivity contribution in [1.29, 1.82) is 0 Å². The van der Waals surface area contributed by atoms with Crippen molar-refractivity contribution in [3.8, 4) is 0 Å². The molecule has 1 N–H and O–H groups in total. The molecule has 0 unspecified atom stereocenters. The van der Waals surface area contributed by atoms with Gasteiger partial charge >= 0.3 is 0 Å². The average Bonchev–Trinajstić information content (AvgIpc) is 2.78. The summed E-state index contributed by atoms with van der Waals surface area (Å²) in [5.41, 5.74) is 1.34. The Kier molecular flexibility index (Phi) is 7.97. The molecule has 3 rings (SSSR count). The van der Waals surface area contributed by atoms with Gasteiger partial charge in [-0.25, -0.2) is 4.39 Å². The van der Waals surface area contributed by atoms with Gasteiger partial charge in [-0.1, -0.05) is 25.1 Å². The molecule has 1 fully saturated rings. The number of hydrogen-bond acceptors (Lipinski definition) is 3. The molecule has 1 saturated heterocycles. The van der Waals surface area contributed by atoms with Crippen LogP contribution in [0.25, 0.3) is 0 Å². The number of benzene rings is 2. The van der Waals surface area contributed by atoms with Crippen molar-refractivity contribution in [3.63, 3.8) is 0 Å². The molecule has 0 spiro atoms. The highest BCUT2D eigenvalue weighted by Gasteiger charge is 2.27. The lowest BCUT2D eigenvalue weighted by Gasteiger charge is -2.38. The van der Waals surface area contributed by atoms with Gasteiger partial charge in [0.25, 0.3) is 5.91 Å². The Morgan fingerprint density at radius 2 is 1.70 bits per heavy atom. The Morgan fingerprint density at radius 1 is 1.03 bits per heavy atom. The fraction of sp³-hybridized carbons (Fsp3) is 0.417. The number of rotatable bonds is 8. The molecule has 2 aromatic carbocycles. The van der Waals surface area contributed by atoms with Crippen molar-refractivity contribution >= 4 is 17.5 Å². The molecule has 6 heteroatoms. The summed E-state index contributed by atoms with van der Waals surface area (Å²) < 4.78 is 13.0. The average molecular weight is 412 g/mol. The van der Waals surface area contributed by atoms with E-state index in [1.807, 2.05) is 35.2 Å². The fourth-order valence-corrected chi connectivity index (χ4v) is 3.96. The maximum Gasteiger partial charge on any atom is 0.253 e.